The highest BCUT2D eigenvalue weighted by molar-refractivity contribution is 7.90. The van der Waals surface area contributed by atoms with Gasteiger partial charge in [0.05, 0.1) is 11.4 Å². The van der Waals surface area contributed by atoms with Crippen molar-refractivity contribution < 1.29 is 8.42 Å². The number of rotatable bonds is 5. The van der Waals surface area contributed by atoms with Gasteiger partial charge in [0.2, 0.25) is 0 Å². The molecule has 1 rings (SSSR count). The first-order valence-corrected chi connectivity index (χ1v) is 8.07. The minimum absolute atomic E-state index is 0.314. The molecule has 0 heterocycles. The predicted octanol–water partition coefficient (Wildman–Crippen LogP) is 1.38. The van der Waals surface area contributed by atoms with Crippen LogP contribution in [0.2, 0.25) is 0 Å². The van der Waals surface area contributed by atoms with E-state index in [2.05, 4.69) is 16.9 Å². The lowest BCUT2D eigenvalue weighted by molar-refractivity contribution is 0.601. The molecule has 20 heavy (non-hydrogen) atoms. The van der Waals surface area contributed by atoms with Gasteiger partial charge in [-0.1, -0.05) is 24.3 Å². The van der Waals surface area contributed by atoms with E-state index in [-0.39, 0.29) is 0 Å². The van der Waals surface area contributed by atoms with Crippen molar-refractivity contribution in [1.82, 2.24) is 5.32 Å². The van der Waals surface area contributed by atoms with Crippen LogP contribution in [0.4, 0.5) is 0 Å². The van der Waals surface area contributed by atoms with Crippen LogP contribution in [0.5, 0.6) is 0 Å². The molecule has 1 aromatic rings. The van der Waals surface area contributed by atoms with Crippen LogP contribution in [-0.4, -0.2) is 27.2 Å². The molecule has 6 heteroatoms. The van der Waals surface area contributed by atoms with Crippen molar-refractivity contribution in [3.05, 3.63) is 41.5 Å². The highest BCUT2D eigenvalue weighted by Crippen LogP contribution is 2.17. The molecule has 5 nitrogen and oxygen atoms in total. The van der Waals surface area contributed by atoms with E-state index in [9.17, 15) is 8.42 Å². The van der Waals surface area contributed by atoms with Gasteiger partial charge in [-0.05, 0) is 31.0 Å². The van der Waals surface area contributed by atoms with Gasteiger partial charge in [0.1, 0.15) is 0 Å². The molecule has 0 saturated heterocycles. The van der Waals surface area contributed by atoms with Crippen molar-refractivity contribution in [3.8, 4) is 0 Å². The van der Waals surface area contributed by atoms with Crippen molar-refractivity contribution >= 4 is 15.8 Å². The summed E-state index contributed by atoms with van der Waals surface area (Å²) in [5.41, 5.74) is 8.19. The lowest BCUT2D eigenvalue weighted by Crippen LogP contribution is -2.32. The predicted molar refractivity (Wildman–Crippen MR) is 82.4 cm³/mol. The van der Waals surface area contributed by atoms with Gasteiger partial charge in [-0.2, -0.15) is 0 Å². The summed E-state index contributed by atoms with van der Waals surface area (Å²) in [6.07, 6.45) is 1.20. The first kappa shape index (κ1) is 16.2. The molecular formula is C14H21N3O2S. The van der Waals surface area contributed by atoms with Gasteiger partial charge in [0, 0.05) is 12.8 Å². The molecule has 0 radical (unpaired) electrons. The molecule has 0 spiro atoms. The summed E-state index contributed by atoms with van der Waals surface area (Å²) in [5, 5.41) is 2.92. The second-order valence-electron chi connectivity index (χ2n) is 4.88. The average molecular weight is 295 g/mol. The summed E-state index contributed by atoms with van der Waals surface area (Å²) in [6.45, 7) is 8.31. The molecule has 0 bridgehead atoms. The fourth-order valence-electron chi connectivity index (χ4n) is 1.62. The first-order chi connectivity index (χ1) is 9.20. The molecule has 0 aliphatic rings. The van der Waals surface area contributed by atoms with Gasteiger partial charge in [-0.25, -0.2) is 13.4 Å². The van der Waals surface area contributed by atoms with Gasteiger partial charge >= 0.3 is 0 Å². The Bertz CT molecular complexity index is 634. The monoisotopic (exact) mass is 295 g/mol. The van der Waals surface area contributed by atoms with Gasteiger partial charge in [-0.15, -0.1) is 0 Å². The van der Waals surface area contributed by atoms with Gasteiger partial charge in [-0.3, -0.25) is 0 Å². The minimum atomic E-state index is -3.22. The molecule has 0 aromatic heterocycles. The molecule has 1 aromatic carbocycles. The van der Waals surface area contributed by atoms with Gasteiger partial charge in [0.15, 0.2) is 15.8 Å². The summed E-state index contributed by atoms with van der Waals surface area (Å²) >= 11 is 0. The first-order valence-electron chi connectivity index (χ1n) is 6.18. The Hall–Kier alpha value is -1.82. The van der Waals surface area contributed by atoms with Crippen LogP contribution in [-0.2, 0) is 16.4 Å². The van der Waals surface area contributed by atoms with Crippen LogP contribution >= 0.6 is 0 Å². The van der Waals surface area contributed by atoms with Crippen LogP contribution < -0.4 is 11.1 Å². The highest BCUT2D eigenvalue weighted by Gasteiger charge is 2.11. The SMILES string of the molecule is C=C(C)CNC(N)=NCc1ccc(C)c(S(C)(=O)=O)c1. The second-order valence-corrected chi connectivity index (χ2v) is 6.87. The average Bonchev–Trinajstić information content (AvgIpc) is 2.33. The van der Waals surface area contributed by atoms with E-state index in [0.29, 0.717) is 23.9 Å². The molecule has 0 unspecified atom stereocenters. The van der Waals surface area contributed by atoms with Crippen molar-refractivity contribution in [1.29, 1.82) is 0 Å². The smallest absolute Gasteiger partial charge is 0.189 e. The van der Waals surface area contributed by atoms with Gasteiger partial charge in [0.25, 0.3) is 0 Å². The Kier molecular flexibility index (Phi) is 5.33. The topological polar surface area (TPSA) is 84.5 Å². The number of sulfone groups is 1. The summed E-state index contributed by atoms with van der Waals surface area (Å²) in [5.74, 6) is 0.314. The van der Waals surface area contributed by atoms with E-state index in [4.69, 9.17) is 5.73 Å². The van der Waals surface area contributed by atoms with Crippen LogP contribution in [0.1, 0.15) is 18.1 Å². The fraction of sp³-hybridized carbons (Fsp3) is 0.357. The third-order valence-electron chi connectivity index (χ3n) is 2.66. The number of hydrogen-bond acceptors (Lipinski definition) is 3. The van der Waals surface area contributed by atoms with E-state index >= 15 is 0 Å². The number of aryl methyl sites for hydroxylation is 1. The fourth-order valence-corrected chi connectivity index (χ4v) is 2.63. The Balaban J connectivity index is 2.84. The Labute approximate surface area is 120 Å². The molecule has 0 amide bonds. The van der Waals surface area contributed by atoms with E-state index in [1.54, 1.807) is 19.1 Å². The summed E-state index contributed by atoms with van der Waals surface area (Å²) in [6, 6.07) is 5.26. The maximum absolute atomic E-state index is 11.6. The van der Waals surface area contributed by atoms with Crippen LogP contribution in [0.25, 0.3) is 0 Å². The molecule has 0 aliphatic carbocycles. The molecule has 0 saturated carbocycles. The normalized spacial score (nSPS) is 12.2. The van der Waals surface area contributed by atoms with E-state index in [1.807, 2.05) is 13.0 Å². The Morgan fingerprint density at radius 2 is 2.10 bits per heavy atom. The second kappa shape index (κ2) is 6.56. The third kappa shape index (κ3) is 5.05. The quantitative estimate of drug-likeness (QED) is 0.488. The Morgan fingerprint density at radius 1 is 1.45 bits per heavy atom. The van der Waals surface area contributed by atoms with Crippen molar-refractivity contribution in [2.24, 2.45) is 10.7 Å². The van der Waals surface area contributed by atoms with Crippen molar-refractivity contribution in [2.45, 2.75) is 25.3 Å². The number of aliphatic imine (C=N–C) groups is 1. The zero-order chi connectivity index (χ0) is 15.3. The highest BCUT2D eigenvalue weighted by atomic mass is 32.2. The molecular weight excluding hydrogens is 274 g/mol. The molecule has 0 fully saturated rings. The van der Waals surface area contributed by atoms with Crippen LogP contribution in [0.3, 0.4) is 0 Å². The zero-order valence-corrected chi connectivity index (χ0v) is 12.9. The lowest BCUT2D eigenvalue weighted by Gasteiger charge is -2.07. The number of hydrogen-bond donors (Lipinski definition) is 2. The molecule has 0 aliphatic heterocycles. The number of nitrogens with zero attached hydrogens (tertiary/aromatic N) is 1. The molecule has 0 atom stereocenters. The third-order valence-corrected chi connectivity index (χ3v) is 3.89. The minimum Gasteiger partial charge on any atom is -0.370 e. The van der Waals surface area contributed by atoms with Gasteiger partial charge < -0.3 is 11.1 Å². The van der Waals surface area contributed by atoms with Crippen molar-refractivity contribution in [3.63, 3.8) is 0 Å². The van der Waals surface area contributed by atoms with Crippen molar-refractivity contribution in [2.75, 3.05) is 12.8 Å². The number of nitrogens with one attached hydrogen (secondary N) is 1. The standard InChI is InChI=1S/C14H21N3O2S/c1-10(2)8-16-14(15)17-9-12-6-5-11(3)13(7-12)20(4,18)19/h5-7H,1,8-9H2,2-4H3,(H3,15,16,17). The Morgan fingerprint density at radius 3 is 2.65 bits per heavy atom. The molecule has 3 N–H and O–H groups in total. The zero-order valence-electron chi connectivity index (χ0n) is 12.1. The summed E-state index contributed by atoms with van der Waals surface area (Å²) < 4.78 is 23.3. The van der Waals surface area contributed by atoms with E-state index < -0.39 is 9.84 Å². The van der Waals surface area contributed by atoms with E-state index in [1.165, 1.54) is 6.26 Å². The largest absolute Gasteiger partial charge is 0.370 e. The molecule has 110 valence electrons. The number of nitrogens with two attached hydrogens (primary N) is 1. The maximum Gasteiger partial charge on any atom is 0.189 e. The summed E-state index contributed by atoms with van der Waals surface area (Å²) in [7, 11) is -3.22. The number of guanidine groups is 1. The number of benzene rings is 1. The van der Waals surface area contributed by atoms with Crippen LogP contribution in [0, 0.1) is 6.92 Å². The van der Waals surface area contributed by atoms with Crippen LogP contribution in [0.15, 0.2) is 40.2 Å². The van der Waals surface area contributed by atoms with E-state index in [0.717, 1.165) is 16.7 Å². The summed E-state index contributed by atoms with van der Waals surface area (Å²) in [4.78, 5) is 4.50. The maximum atomic E-state index is 11.6. The lowest BCUT2D eigenvalue weighted by atomic mass is 10.1.